The van der Waals surface area contributed by atoms with Gasteiger partial charge in [0, 0.05) is 11.6 Å². The molecule has 0 bridgehead atoms. The van der Waals surface area contributed by atoms with Crippen LogP contribution in [0.15, 0.2) is 42.5 Å². The number of carbonyl (C=O) groups excluding carboxylic acids is 1. The summed E-state index contributed by atoms with van der Waals surface area (Å²) in [7, 11) is 3.14. The van der Waals surface area contributed by atoms with Gasteiger partial charge in [-0.1, -0.05) is 17.7 Å². The normalized spacial score (nSPS) is 12.0. The van der Waals surface area contributed by atoms with Crippen molar-refractivity contribution in [3.63, 3.8) is 0 Å². The van der Waals surface area contributed by atoms with Crippen LogP contribution < -0.4 is 14.8 Å². The molecule has 0 saturated carbocycles. The molecule has 1 amide bonds. The Balaban J connectivity index is 2.09. The smallest absolute Gasteiger partial charge is 0.244 e. The van der Waals surface area contributed by atoms with Crippen LogP contribution in [-0.4, -0.2) is 20.1 Å². The van der Waals surface area contributed by atoms with Crippen LogP contribution in [0.4, 0.5) is 4.39 Å². The van der Waals surface area contributed by atoms with E-state index in [1.54, 1.807) is 38.5 Å². The average Bonchev–Trinajstić information content (AvgIpc) is 2.62. The quantitative estimate of drug-likeness (QED) is 0.774. The lowest BCUT2D eigenvalue weighted by molar-refractivity contribution is -0.117. The van der Waals surface area contributed by atoms with Gasteiger partial charge in [-0.25, -0.2) is 4.39 Å². The molecule has 6 heteroatoms. The Morgan fingerprint density at radius 2 is 1.96 bits per heavy atom. The maximum absolute atomic E-state index is 13.1. The molecule has 0 unspecified atom stereocenters. The fraction of sp³-hybridized carbons (Fsp3) is 0.211. The topological polar surface area (TPSA) is 47.6 Å². The summed E-state index contributed by atoms with van der Waals surface area (Å²) in [6.45, 7) is 1.85. The van der Waals surface area contributed by atoms with Crippen LogP contribution in [0.25, 0.3) is 6.08 Å². The number of nitrogens with one attached hydrogen (secondary N) is 1. The molecule has 2 aromatic carbocycles. The molecule has 1 N–H and O–H groups in total. The number of ether oxygens (including phenoxy) is 2. The minimum absolute atomic E-state index is 0.0112. The van der Waals surface area contributed by atoms with Crippen molar-refractivity contribution in [3.05, 3.63) is 64.4 Å². The summed E-state index contributed by atoms with van der Waals surface area (Å²) in [6, 6.07) is 9.34. The predicted molar refractivity (Wildman–Crippen MR) is 96.5 cm³/mol. The van der Waals surface area contributed by atoms with Crippen molar-refractivity contribution in [1.29, 1.82) is 0 Å². The van der Waals surface area contributed by atoms with Gasteiger partial charge >= 0.3 is 0 Å². The van der Waals surface area contributed by atoms with E-state index in [9.17, 15) is 9.18 Å². The zero-order chi connectivity index (χ0) is 18.4. The summed E-state index contributed by atoms with van der Waals surface area (Å²) in [5.41, 5.74) is 1.43. The molecule has 1 atom stereocenters. The third-order valence-corrected chi connectivity index (χ3v) is 3.92. The second-order valence-electron chi connectivity index (χ2n) is 5.35. The van der Waals surface area contributed by atoms with Crippen LogP contribution in [0.3, 0.4) is 0 Å². The van der Waals surface area contributed by atoms with Crippen LogP contribution in [0.2, 0.25) is 5.02 Å². The standard InChI is InChI=1S/C19H19ClFNO3/c1-12(15-11-14(24-2)6-8-18(15)25-3)22-19(23)9-5-13-4-7-17(21)16(20)10-13/h4-12H,1-3H3,(H,22,23)/b9-5+/t12-/m0/s1. The van der Waals surface area contributed by atoms with Gasteiger partial charge in [0.1, 0.15) is 17.3 Å². The lowest BCUT2D eigenvalue weighted by Crippen LogP contribution is -2.25. The molecule has 25 heavy (non-hydrogen) atoms. The van der Waals surface area contributed by atoms with Crippen molar-refractivity contribution in [2.75, 3.05) is 14.2 Å². The van der Waals surface area contributed by atoms with Crippen molar-refractivity contribution in [1.82, 2.24) is 5.32 Å². The van der Waals surface area contributed by atoms with Gasteiger partial charge in [0.2, 0.25) is 5.91 Å². The summed E-state index contributed by atoms with van der Waals surface area (Å²) in [6.07, 6.45) is 2.93. The molecular weight excluding hydrogens is 345 g/mol. The van der Waals surface area contributed by atoms with E-state index in [0.717, 1.165) is 5.56 Å². The molecule has 0 radical (unpaired) electrons. The highest BCUT2D eigenvalue weighted by Gasteiger charge is 2.14. The van der Waals surface area contributed by atoms with Crippen molar-refractivity contribution < 1.29 is 18.7 Å². The Hall–Kier alpha value is -2.53. The van der Waals surface area contributed by atoms with E-state index in [-0.39, 0.29) is 17.0 Å². The van der Waals surface area contributed by atoms with Crippen molar-refractivity contribution in [2.45, 2.75) is 13.0 Å². The summed E-state index contributed by atoms with van der Waals surface area (Å²) in [4.78, 5) is 12.1. The molecular formula is C19H19ClFNO3. The van der Waals surface area contributed by atoms with Crippen LogP contribution in [0.5, 0.6) is 11.5 Å². The third-order valence-electron chi connectivity index (χ3n) is 3.63. The van der Waals surface area contributed by atoms with Crippen LogP contribution in [-0.2, 0) is 4.79 Å². The number of benzene rings is 2. The number of rotatable bonds is 6. The van der Waals surface area contributed by atoms with E-state index < -0.39 is 5.82 Å². The molecule has 0 aliphatic heterocycles. The number of hydrogen-bond donors (Lipinski definition) is 1. The van der Waals surface area contributed by atoms with Gasteiger partial charge in [-0.3, -0.25) is 4.79 Å². The largest absolute Gasteiger partial charge is 0.497 e. The summed E-state index contributed by atoms with van der Waals surface area (Å²) in [5.74, 6) is 0.538. The zero-order valence-electron chi connectivity index (χ0n) is 14.2. The van der Waals surface area contributed by atoms with Gasteiger partial charge in [0.05, 0.1) is 25.3 Å². The Morgan fingerprint density at radius 1 is 1.20 bits per heavy atom. The molecule has 0 aliphatic carbocycles. The van der Waals surface area contributed by atoms with Crippen LogP contribution in [0.1, 0.15) is 24.1 Å². The average molecular weight is 364 g/mol. The molecule has 4 nitrogen and oxygen atoms in total. The number of halogens is 2. The first-order valence-electron chi connectivity index (χ1n) is 7.60. The van der Waals surface area contributed by atoms with E-state index in [0.29, 0.717) is 17.1 Å². The minimum Gasteiger partial charge on any atom is -0.497 e. The number of hydrogen-bond acceptors (Lipinski definition) is 3. The third kappa shape index (κ3) is 4.97. The first kappa shape index (κ1) is 18.8. The van der Waals surface area contributed by atoms with Gasteiger partial charge in [0.15, 0.2) is 0 Å². The van der Waals surface area contributed by atoms with Crippen LogP contribution >= 0.6 is 11.6 Å². The zero-order valence-corrected chi connectivity index (χ0v) is 14.9. The highest BCUT2D eigenvalue weighted by atomic mass is 35.5. The summed E-state index contributed by atoms with van der Waals surface area (Å²) in [5, 5.41) is 2.86. The fourth-order valence-electron chi connectivity index (χ4n) is 2.31. The van der Waals surface area contributed by atoms with E-state index in [2.05, 4.69) is 5.32 Å². The molecule has 0 aliphatic rings. The van der Waals surface area contributed by atoms with E-state index in [1.165, 1.54) is 18.2 Å². The van der Waals surface area contributed by atoms with Gasteiger partial charge < -0.3 is 14.8 Å². The molecule has 0 heterocycles. The molecule has 0 spiro atoms. The molecule has 2 aromatic rings. The lowest BCUT2D eigenvalue weighted by atomic mass is 10.1. The monoisotopic (exact) mass is 363 g/mol. The number of carbonyl (C=O) groups is 1. The van der Waals surface area contributed by atoms with Gasteiger partial charge in [0.25, 0.3) is 0 Å². The highest BCUT2D eigenvalue weighted by Crippen LogP contribution is 2.29. The van der Waals surface area contributed by atoms with E-state index >= 15 is 0 Å². The SMILES string of the molecule is COc1ccc(OC)c([C@H](C)NC(=O)/C=C/c2ccc(F)c(Cl)c2)c1. The second-order valence-corrected chi connectivity index (χ2v) is 5.75. The Morgan fingerprint density at radius 3 is 2.60 bits per heavy atom. The second kappa shape index (κ2) is 8.53. The first-order valence-corrected chi connectivity index (χ1v) is 7.98. The van der Waals surface area contributed by atoms with Gasteiger partial charge in [-0.05, 0) is 48.9 Å². The van der Waals surface area contributed by atoms with Crippen molar-refractivity contribution in [3.8, 4) is 11.5 Å². The number of amides is 1. The lowest BCUT2D eigenvalue weighted by Gasteiger charge is -2.17. The Labute approximate surface area is 151 Å². The molecule has 2 rings (SSSR count). The highest BCUT2D eigenvalue weighted by molar-refractivity contribution is 6.30. The molecule has 132 valence electrons. The molecule has 0 saturated heterocycles. The summed E-state index contributed by atoms with van der Waals surface area (Å²) >= 11 is 5.72. The van der Waals surface area contributed by atoms with Crippen LogP contribution in [0, 0.1) is 5.82 Å². The van der Waals surface area contributed by atoms with E-state index in [4.69, 9.17) is 21.1 Å². The first-order chi connectivity index (χ1) is 11.9. The fourth-order valence-corrected chi connectivity index (χ4v) is 2.49. The molecule has 0 fully saturated rings. The minimum atomic E-state index is -0.498. The van der Waals surface area contributed by atoms with E-state index in [1.807, 2.05) is 13.0 Å². The van der Waals surface area contributed by atoms with Gasteiger partial charge in [-0.15, -0.1) is 0 Å². The molecule has 0 aromatic heterocycles. The maximum Gasteiger partial charge on any atom is 0.244 e. The van der Waals surface area contributed by atoms with Crippen molar-refractivity contribution >= 4 is 23.6 Å². The van der Waals surface area contributed by atoms with Crippen molar-refractivity contribution in [2.24, 2.45) is 0 Å². The summed E-state index contributed by atoms with van der Waals surface area (Å²) < 4.78 is 23.7. The maximum atomic E-state index is 13.1. The Bertz CT molecular complexity index is 792. The number of methoxy groups -OCH3 is 2. The van der Waals surface area contributed by atoms with Gasteiger partial charge in [-0.2, -0.15) is 0 Å². The Kier molecular flexibility index (Phi) is 6.42. The predicted octanol–water partition coefficient (Wildman–Crippen LogP) is 4.39.